The summed E-state index contributed by atoms with van der Waals surface area (Å²) in [5.41, 5.74) is 7.51. The molecule has 2 unspecified atom stereocenters. The van der Waals surface area contributed by atoms with Crippen LogP contribution in [0, 0.1) is 0 Å². The molecule has 0 radical (unpaired) electrons. The first kappa shape index (κ1) is 14.0. The molecule has 0 aromatic heterocycles. The second kappa shape index (κ2) is 5.81. The molecule has 6 nitrogen and oxygen atoms in total. The molecule has 1 saturated heterocycles. The van der Waals surface area contributed by atoms with Crippen LogP contribution in [0.5, 0.6) is 5.75 Å². The van der Waals surface area contributed by atoms with Gasteiger partial charge in [-0.15, -0.1) is 0 Å². The van der Waals surface area contributed by atoms with Gasteiger partial charge in [0.2, 0.25) is 0 Å². The highest BCUT2D eigenvalue weighted by atomic mass is 16.5. The van der Waals surface area contributed by atoms with Crippen molar-refractivity contribution in [3.05, 3.63) is 23.8 Å². The number of oxime groups is 1. The van der Waals surface area contributed by atoms with Crippen LogP contribution < -0.4 is 15.4 Å². The minimum atomic E-state index is 0.119. The first-order valence-electron chi connectivity index (χ1n) is 7.28. The average Bonchev–Trinajstić information content (AvgIpc) is 3.02. The Balaban J connectivity index is 2.02. The van der Waals surface area contributed by atoms with Gasteiger partial charge in [-0.05, 0) is 31.4 Å². The highest BCUT2D eigenvalue weighted by Crippen LogP contribution is 2.36. The summed E-state index contributed by atoms with van der Waals surface area (Å²) in [6.07, 6.45) is 3.67. The van der Waals surface area contributed by atoms with Gasteiger partial charge >= 0.3 is 0 Å². The zero-order valence-electron chi connectivity index (χ0n) is 12.2. The average molecular weight is 291 g/mol. The summed E-state index contributed by atoms with van der Waals surface area (Å²) in [5.74, 6) is 0.884. The molecular weight excluding hydrogens is 270 g/mol. The van der Waals surface area contributed by atoms with E-state index in [-0.39, 0.29) is 11.9 Å². The van der Waals surface area contributed by atoms with Crippen LogP contribution >= 0.6 is 0 Å². The summed E-state index contributed by atoms with van der Waals surface area (Å²) in [5, 5.41) is 12.2. The van der Waals surface area contributed by atoms with E-state index in [1.165, 1.54) is 6.42 Å². The summed E-state index contributed by atoms with van der Waals surface area (Å²) in [6.45, 7) is 1.51. The summed E-state index contributed by atoms with van der Waals surface area (Å²) >= 11 is 0. The number of methoxy groups -OCH3 is 1. The van der Waals surface area contributed by atoms with E-state index in [4.69, 9.17) is 20.4 Å². The Morgan fingerprint density at radius 1 is 1.48 bits per heavy atom. The van der Waals surface area contributed by atoms with Crippen LogP contribution in [-0.2, 0) is 4.74 Å². The Morgan fingerprint density at radius 2 is 2.33 bits per heavy atom. The maximum Gasteiger partial charge on any atom is 0.172 e. The van der Waals surface area contributed by atoms with E-state index in [2.05, 4.69) is 10.1 Å². The number of ether oxygens (including phenoxy) is 2. The molecule has 0 bridgehead atoms. The molecule has 1 heterocycles. The highest BCUT2D eigenvalue weighted by Gasteiger charge is 2.37. The Morgan fingerprint density at radius 3 is 3.10 bits per heavy atom. The number of morpholine rings is 1. The maximum absolute atomic E-state index is 9.01. The van der Waals surface area contributed by atoms with Crippen molar-refractivity contribution < 1.29 is 14.7 Å². The number of anilines is 1. The number of nitrogens with two attached hydrogens (primary N) is 1. The number of hydrogen-bond donors (Lipinski definition) is 2. The number of rotatable bonds is 3. The largest absolute Gasteiger partial charge is 0.497 e. The van der Waals surface area contributed by atoms with Gasteiger partial charge in [-0.2, -0.15) is 0 Å². The second-order valence-corrected chi connectivity index (χ2v) is 5.47. The summed E-state index contributed by atoms with van der Waals surface area (Å²) < 4.78 is 11.2. The Kier molecular flexibility index (Phi) is 3.88. The van der Waals surface area contributed by atoms with Crippen molar-refractivity contribution in [1.82, 2.24) is 0 Å². The predicted octanol–water partition coefficient (Wildman–Crippen LogP) is 1.55. The van der Waals surface area contributed by atoms with Gasteiger partial charge in [0.1, 0.15) is 5.75 Å². The normalized spacial score (nSPS) is 25.8. The van der Waals surface area contributed by atoms with Crippen molar-refractivity contribution in [2.75, 3.05) is 25.2 Å². The van der Waals surface area contributed by atoms with Crippen molar-refractivity contribution in [1.29, 1.82) is 0 Å². The van der Waals surface area contributed by atoms with Crippen LogP contribution in [0.25, 0.3) is 0 Å². The van der Waals surface area contributed by atoms with E-state index in [1.807, 2.05) is 18.2 Å². The molecule has 21 heavy (non-hydrogen) atoms. The molecule has 1 aromatic carbocycles. The van der Waals surface area contributed by atoms with Gasteiger partial charge < -0.3 is 25.3 Å². The van der Waals surface area contributed by atoms with E-state index in [9.17, 15) is 0 Å². The third kappa shape index (κ3) is 2.51. The lowest BCUT2D eigenvalue weighted by atomic mass is 10.1. The van der Waals surface area contributed by atoms with Crippen molar-refractivity contribution >= 4 is 11.5 Å². The first-order chi connectivity index (χ1) is 10.2. The van der Waals surface area contributed by atoms with Gasteiger partial charge in [0.15, 0.2) is 5.84 Å². The Bertz CT molecular complexity index is 547. The Labute approximate surface area is 124 Å². The molecule has 0 spiro atoms. The van der Waals surface area contributed by atoms with Gasteiger partial charge in [0.05, 0.1) is 31.5 Å². The topological polar surface area (TPSA) is 80.3 Å². The lowest BCUT2D eigenvalue weighted by molar-refractivity contribution is 0.0256. The van der Waals surface area contributed by atoms with E-state index >= 15 is 0 Å². The van der Waals surface area contributed by atoms with Crippen molar-refractivity contribution in [2.45, 2.75) is 31.4 Å². The second-order valence-electron chi connectivity index (χ2n) is 5.47. The van der Waals surface area contributed by atoms with Gasteiger partial charge in [0, 0.05) is 18.2 Å². The summed E-state index contributed by atoms with van der Waals surface area (Å²) in [6, 6.07) is 5.97. The van der Waals surface area contributed by atoms with Crippen LogP contribution in [-0.4, -0.2) is 43.5 Å². The Hall–Kier alpha value is -1.95. The number of amidine groups is 1. The van der Waals surface area contributed by atoms with E-state index in [1.54, 1.807) is 7.11 Å². The molecule has 114 valence electrons. The van der Waals surface area contributed by atoms with Crippen LogP contribution in [0.1, 0.15) is 24.8 Å². The molecule has 1 saturated carbocycles. The van der Waals surface area contributed by atoms with Crippen LogP contribution in [0.4, 0.5) is 5.69 Å². The highest BCUT2D eigenvalue weighted by molar-refractivity contribution is 6.02. The van der Waals surface area contributed by atoms with Gasteiger partial charge in [-0.3, -0.25) is 0 Å². The molecule has 3 rings (SSSR count). The van der Waals surface area contributed by atoms with Crippen molar-refractivity contribution in [3.8, 4) is 5.75 Å². The third-order valence-electron chi connectivity index (χ3n) is 4.38. The van der Waals surface area contributed by atoms with Gasteiger partial charge in [-0.1, -0.05) is 5.16 Å². The van der Waals surface area contributed by atoms with Crippen molar-refractivity contribution in [3.63, 3.8) is 0 Å². The van der Waals surface area contributed by atoms with Gasteiger partial charge in [0.25, 0.3) is 0 Å². The monoisotopic (exact) mass is 291 g/mol. The molecule has 0 amide bonds. The standard InChI is InChI=1S/C15H21N3O3/c1-20-10-5-6-11(15(16)17-19)13(9-10)18-7-8-21-14-4-2-3-12(14)18/h5-6,9,12,14,19H,2-4,7-8H2,1H3,(H2,16,17). The number of nitrogens with zero attached hydrogens (tertiary/aromatic N) is 2. The lowest BCUT2D eigenvalue weighted by Gasteiger charge is -2.40. The third-order valence-corrected chi connectivity index (χ3v) is 4.38. The number of fused-ring (bicyclic) bond motifs is 1. The molecule has 2 aliphatic rings. The number of benzene rings is 1. The zero-order valence-corrected chi connectivity index (χ0v) is 12.2. The minimum absolute atomic E-state index is 0.119. The molecule has 1 aliphatic heterocycles. The minimum Gasteiger partial charge on any atom is -0.497 e. The molecule has 6 heteroatoms. The molecule has 2 atom stereocenters. The van der Waals surface area contributed by atoms with E-state index in [0.717, 1.165) is 36.4 Å². The lowest BCUT2D eigenvalue weighted by Crippen LogP contribution is -2.49. The zero-order chi connectivity index (χ0) is 14.8. The number of hydrogen-bond acceptors (Lipinski definition) is 5. The molecular formula is C15H21N3O3. The predicted molar refractivity (Wildman–Crippen MR) is 80.2 cm³/mol. The van der Waals surface area contributed by atoms with Gasteiger partial charge in [-0.25, -0.2) is 0 Å². The van der Waals surface area contributed by atoms with Crippen LogP contribution in [0.2, 0.25) is 0 Å². The summed E-state index contributed by atoms with van der Waals surface area (Å²) in [4.78, 5) is 2.32. The van der Waals surface area contributed by atoms with Crippen molar-refractivity contribution in [2.24, 2.45) is 10.9 Å². The fraction of sp³-hybridized carbons (Fsp3) is 0.533. The fourth-order valence-corrected chi connectivity index (χ4v) is 3.37. The molecule has 3 N–H and O–H groups in total. The smallest absolute Gasteiger partial charge is 0.172 e. The summed E-state index contributed by atoms with van der Waals surface area (Å²) in [7, 11) is 1.64. The van der Waals surface area contributed by atoms with Crippen LogP contribution in [0.15, 0.2) is 23.4 Å². The molecule has 2 fully saturated rings. The quantitative estimate of drug-likeness (QED) is 0.382. The maximum atomic E-state index is 9.01. The SMILES string of the molecule is COc1ccc(/C(N)=N/O)c(N2CCOC3CCCC32)c1. The van der Waals surface area contributed by atoms with E-state index in [0.29, 0.717) is 12.6 Å². The first-order valence-corrected chi connectivity index (χ1v) is 7.28. The van der Waals surface area contributed by atoms with Crippen LogP contribution in [0.3, 0.4) is 0 Å². The van der Waals surface area contributed by atoms with E-state index < -0.39 is 0 Å². The fourth-order valence-electron chi connectivity index (χ4n) is 3.37. The molecule has 1 aromatic rings. The molecule has 1 aliphatic carbocycles.